The number of carbonyl (C=O) groups is 1. The van der Waals surface area contributed by atoms with Crippen LogP contribution in [0.4, 0.5) is 17.1 Å². The summed E-state index contributed by atoms with van der Waals surface area (Å²) in [5.41, 5.74) is 1.03. The van der Waals surface area contributed by atoms with E-state index in [4.69, 9.17) is 4.74 Å². The first-order chi connectivity index (χ1) is 16.8. The Morgan fingerprint density at radius 3 is 2.46 bits per heavy atom. The lowest BCUT2D eigenvalue weighted by molar-refractivity contribution is -0.384. The molecule has 0 bridgehead atoms. The number of para-hydroxylation sites is 1. The predicted octanol–water partition coefficient (Wildman–Crippen LogP) is 3.73. The van der Waals surface area contributed by atoms with E-state index in [1.54, 1.807) is 4.90 Å². The first-order valence-electron chi connectivity index (χ1n) is 10.8. The van der Waals surface area contributed by atoms with Gasteiger partial charge in [0, 0.05) is 42.5 Å². The highest BCUT2D eigenvalue weighted by atomic mass is 32.2. The van der Waals surface area contributed by atoms with Crippen molar-refractivity contribution in [2.75, 3.05) is 30.2 Å². The summed E-state index contributed by atoms with van der Waals surface area (Å²) in [6, 6.07) is 19.1. The summed E-state index contributed by atoms with van der Waals surface area (Å²) in [6.45, 7) is 1.14. The average Bonchev–Trinajstić information content (AvgIpc) is 3.32. The molecule has 1 unspecified atom stereocenters. The summed E-state index contributed by atoms with van der Waals surface area (Å²) in [7, 11) is -2.75. The molecule has 1 aliphatic rings. The second-order valence-corrected chi connectivity index (χ2v) is 9.70. The topological polar surface area (TPSA) is 131 Å². The molecule has 0 aliphatic carbocycles. The number of ether oxygens (including phenoxy) is 1. The van der Waals surface area contributed by atoms with Crippen molar-refractivity contribution in [3.05, 3.63) is 88.5 Å². The van der Waals surface area contributed by atoms with E-state index in [2.05, 4.69) is 10.0 Å². The van der Waals surface area contributed by atoms with Gasteiger partial charge in [-0.25, -0.2) is 8.42 Å². The smallest absolute Gasteiger partial charge is 0.271 e. The minimum absolute atomic E-state index is 0.0594. The Hall–Kier alpha value is -4.12. The van der Waals surface area contributed by atoms with Crippen LogP contribution in [0.2, 0.25) is 0 Å². The predicted molar refractivity (Wildman–Crippen MR) is 131 cm³/mol. The molecule has 3 aromatic carbocycles. The molecular formula is C24H24N4O6S. The first kappa shape index (κ1) is 24.0. The summed E-state index contributed by atoms with van der Waals surface area (Å²) in [4.78, 5) is 25.0. The van der Waals surface area contributed by atoms with Crippen LogP contribution in [-0.4, -0.2) is 50.4 Å². The molecule has 10 nitrogen and oxygen atoms in total. The number of carbonyl (C=O) groups excluding carboxylic acids is 1. The molecule has 0 aromatic heterocycles. The number of rotatable bonds is 8. The fourth-order valence-electron chi connectivity index (χ4n) is 3.88. The third-order valence-corrected chi connectivity index (χ3v) is 7.05. The molecule has 1 amide bonds. The molecule has 11 heteroatoms. The van der Waals surface area contributed by atoms with E-state index < -0.39 is 14.9 Å². The van der Waals surface area contributed by atoms with Crippen LogP contribution in [0.1, 0.15) is 16.8 Å². The van der Waals surface area contributed by atoms with Gasteiger partial charge in [0.1, 0.15) is 5.75 Å². The van der Waals surface area contributed by atoms with Crippen molar-refractivity contribution in [1.29, 1.82) is 0 Å². The van der Waals surface area contributed by atoms with Gasteiger partial charge in [-0.2, -0.15) is 0 Å². The van der Waals surface area contributed by atoms with Crippen LogP contribution in [0.5, 0.6) is 5.75 Å². The number of anilines is 2. The van der Waals surface area contributed by atoms with Crippen molar-refractivity contribution >= 4 is 33.0 Å². The standard InChI is InChI=1S/C24H24N4O6S/c1-34-23-12-9-20(28(30)31)15-22(23)26-35(32,33)21-10-7-17(8-11-21)24(29)27-14-13-19(16-27)25-18-5-3-2-4-6-18/h2-12,15,19,25-26H,13-14,16H2,1H3. The average molecular weight is 497 g/mol. The van der Waals surface area contributed by atoms with Crippen LogP contribution < -0.4 is 14.8 Å². The van der Waals surface area contributed by atoms with E-state index in [-0.39, 0.29) is 34.0 Å². The highest BCUT2D eigenvalue weighted by Gasteiger charge is 2.27. The van der Waals surface area contributed by atoms with Crippen molar-refractivity contribution < 1.29 is 22.9 Å². The SMILES string of the molecule is COc1ccc([N+](=O)[O-])cc1NS(=O)(=O)c1ccc(C(=O)N2CCC(Nc3ccccc3)C2)cc1. The molecule has 1 aliphatic heterocycles. The lowest BCUT2D eigenvalue weighted by Gasteiger charge is -2.18. The van der Waals surface area contributed by atoms with E-state index in [0.717, 1.165) is 18.2 Å². The normalized spacial score (nSPS) is 15.5. The maximum Gasteiger partial charge on any atom is 0.271 e. The lowest BCUT2D eigenvalue weighted by atomic mass is 10.2. The van der Waals surface area contributed by atoms with Crippen molar-refractivity contribution in [3.8, 4) is 5.75 Å². The molecule has 1 heterocycles. The molecule has 1 fully saturated rings. The summed E-state index contributed by atoms with van der Waals surface area (Å²) < 4.78 is 33.2. The Labute approximate surface area is 202 Å². The number of methoxy groups -OCH3 is 1. The van der Waals surface area contributed by atoms with Gasteiger partial charge < -0.3 is 15.0 Å². The van der Waals surface area contributed by atoms with Crippen LogP contribution in [0.15, 0.2) is 77.7 Å². The summed E-state index contributed by atoms with van der Waals surface area (Å²) in [5.74, 6) is -0.0432. The molecule has 2 N–H and O–H groups in total. The van der Waals surface area contributed by atoms with E-state index in [9.17, 15) is 23.3 Å². The summed E-state index contributed by atoms with van der Waals surface area (Å²) in [6.07, 6.45) is 0.808. The molecular weight excluding hydrogens is 472 g/mol. The molecule has 1 saturated heterocycles. The third-order valence-electron chi connectivity index (χ3n) is 5.67. The monoisotopic (exact) mass is 496 g/mol. The highest BCUT2D eigenvalue weighted by molar-refractivity contribution is 7.92. The molecule has 0 spiro atoms. The zero-order valence-corrected chi connectivity index (χ0v) is 19.7. The molecule has 3 aromatic rings. The van der Waals surface area contributed by atoms with Crippen LogP contribution in [-0.2, 0) is 10.0 Å². The molecule has 182 valence electrons. The second-order valence-electron chi connectivity index (χ2n) is 8.02. The van der Waals surface area contributed by atoms with E-state index in [0.29, 0.717) is 18.7 Å². The Kier molecular flexibility index (Phi) is 6.87. The Bertz CT molecular complexity index is 1330. The third kappa shape index (κ3) is 5.52. The van der Waals surface area contributed by atoms with Gasteiger partial charge in [-0.15, -0.1) is 0 Å². The number of amides is 1. The Morgan fingerprint density at radius 2 is 1.80 bits per heavy atom. The number of nitrogens with one attached hydrogen (secondary N) is 2. The van der Waals surface area contributed by atoms with Crippen LogP contribution in [0, 0.1) is 10.1 Å². The number of sulfonamides is 1. The van der Waals surface area contributed by atoms with Crippen LogP contribution >= 0.6 is 0 Å². The zero-order chi connectivity index (χ0) is 25.0. The Morgan fingerprint density at radius 1 is 1.09 bits per heavy atom. The van der Waals surface area contributed by atoms with E-state index in [1.165, 1.54) is 43.5 Å². The van der Waals surface area contributed by atoms with Crippen molar-refractivity contribution in [2.24, 2.45) is 0 Å². The number of likely N-dealkylation sites (tertiary alicyclic amines) is 1. The Balaban J connectivity index is 1.44. The van der Waals surface area contributed by atoms with Gasteiger partial charge in [0.2, 0.25) is 0 Å². The van der Waals surface area contributed by atoms with Crippen molar-refractivity contribution in [1.82, 2.24) is 4.90 Å². The van der Waals surface area contributed by atoms with Crippen molar-refractivity contribution in [2.45, 2.75) is 17.4 Å². The number of nitro groups is 1. The number of hydrogen-bond acceptors (Lipinski definition) is 7. The maximum absolute atomic E-state index is 12.9. The minimum Gasteiger partial charge on any atom is -0.495 e. The quantitative estimate of drug-likeness (QED) is 0.359. The van der Waals surface area contributed by atoms with Gasteiger partial charge in [0.05, 0.1) is 22.6 Å². The first-order valence-corrected chi connectivity index (χ1v) is 12.3. The minimum atomic E-state index is -4.08. The lowest BCUT2D eigenvalue weighted by Crippen LogP contribution is -2.31. The molecule has 0 saturated carbocycles. The number of nitrogens with zero attached hydrogens (tertiary/aromatic N) is 2. The molecule has 0 radical (unpaired) electrons. The van der Waals surface area contributed by atoms with Crippen LogP contribution in [0.25, 0.3) is 0 Å². The van der Waals surface area contributed by atoms with Gasteiger partial charge in [-0.05, 0) is 48.9 Å². The molecule has 4 rings (SSSR count). The van der Waals surface area contributed by atoms with E-state index >= 15 is 0 Å². The van der Waals surface area contributed by atoms with Gasteiger partial charge in [0.15, 0.2) is 0 Å². The van der Waals surface area contributed by atoms with Gasteiger partial charge in [-0.1, -0.05) is 18.2 Å². The van der Waals surface area contributed by atoms with Crippen LogP contribution in [0.3, 0.4) is 0 Å². The van der Waals surface area contributed by atoms with Gasteiger partial charge >= 0.3 is 0 Å². The largest absolute Gasteiger partial charge is 0.495 e. The van der Waals surface area contributed by atoms with Gasteiger partial charge in [-0.3, -0.25) is 19.6 Å². The fourth-order valence-corrected chi connectivity index (χ4v) is 4.95. The zero-order valence-electron chi connectivity index (χ0n) is 18.9. The number of hydrogen-bond donors (Lipinski definition) is 2. The number of non-ortho nitro benzene ring substituents is 1. The van der Waals surface area contributed by atoms with Crippen molar-refractivity contribution in [3.63, 3.8) is 0 Å². The number of nitro benzene ring substituents is 1. The number of benzene rings is 3. The highest BCUT2D eigenvalue weighted by Crippen LogP contribution is 2.31. The summed E-state index contributed by atoms with van der Waals surface area (Å²) >= 11 is 0. The molecule has 1 atom stereocenters. The fraction of sp³-hybridized carbons (Fsp3) is 0.208. The maximum atomic E-state index is 12.9. The summed E-state index contributed by atoms with van der Waals surface area (Å²) in [5, 5.41) is 14.5. The van der Waals surface area contributed by atoms with E-state index in [1.807, 2.05) is 30.3 Å². The molecule has 35 heavy (non-hydrogen) atoms. The second kappa shape index (κ2) is 10.0. The van der Waals surface area contributed by atoms with Gasteiger partial charge in [0.25, 0.3) is 21.6 Å².